The van der Waals surface area contributed by atoms with Gasteiger partial charge in [0.25, 0.3) is 0 Å². The summed E-state index contributed by atoms with van der Waals surface area (Å²) in [7, 11) is 0. The maximum atomic E-state index is 4.53. The zero-order chi connectivity index (χ0) is 23.9. The number of rotatable bonds is 3. The summed E-state index contributed by atoms with van der Waals surface area (Å²) < 4.78 is 0. The van der Waals surface area contributed by atoms with Gasteiger partial charge in [-0.1, -0.05) is 123 Å². The van der Waals surface area contributed by atoms with Crippen LogP contribution >= 0.6 is 0 Å². The predicted molar refractivity (Wildman–Crippen MR) is 147 cm³/mol. The maximum Gasteiger partial charge on any atom is 0.242 e. The van der Waals surface area contributed by atoms with Crippen molar-refractivity contribution in [3.8, 4) is 0 Å². The highest BCUT2D eigenvalue weighted by molar-refractivity contribution is 6.92. The largest absolute Gasteiger partial charge is 0.242 e. The van der Waals surface area contributed by atoms with Crippen molar-refractivity contribution in [1.82, 2.24) is 0 Å². The first kappa shape index (κ1) is 23.1. The Morgan fingerprint density at radius 1 is 0.667 bits per heavy atom. The van der Waals surface area contributed by atoms with Crippen LogP contribution in [-0.4, -0.2) is 6.71 Å². The van der Waals surface area contributed by atoms with Crippen molar-refractivity contribution in [2.24, 2.45) is 0 Å². The predicted octanol–water partition coefficient (Wildman–Crippen LogP) is 6.75. The Labute approximate surface area is 200 Å². The quantitative estimate of drug-likeness (QED) is 0.404. The van der Waals surface area contributed by atoms with Crippen LogP contribution in [0.5, 0.6) is 0 Å². The summed E-state index contributed by atoms with van der Waals surface area (Å²) in [6, 6.07) is 16.0. The van der Waals surface area contributed by atoms with Crippen molar-refractivity contribution in [3.05, 3.63) is 123 Å². The summed E-state index contributed by atoms with van der Waals surface area (Å²) in [4.78, 5) is 0. The van der Waals surface area contributed by atoms with Crippen LogP contribution in [0.25, 0.3) is 5.57 Å². The lowest BCUT2D eigenvalue weighted by Gasteiger charge is -2.26. The highest BCUT2D eigenvalue weighted by Gasteiger charge is 2.29. The number of hydrogen-bond donors (Lipinski definition) is 0. The van der Waals surface area contributed by atoms with E-state index in [-0.39, 0.29) is 6.71 Å². The first-order valence-electron chi connectivity index (χ1n) is 12.0. The number of benzene rings is 3. The molecule has 0 amide bonds. The SMILES string of the molecule is C=C1/C=C(B(c2c(C)cc(C)cc2C)c2c(C)cc(C)cc2C)\C=C/Cc2ccc(C)cc21. The van der Waals surface area contributed by atoms with Crippen molar-refractivity contribution >= 4 is 23.2 Å². The number of fused-ring (bicyclic) bond motifs is 1. The first-order valence-corrected chi connectivity index (χ1v) is 12.0. The van der Waals surface area contributed by atoms with E-state index in [1.807, 2.05) is 0 Å². The van der Waals surface area contributed by atoms with Gasteiger partial charge in [0.1, 0.15) is 0 Å². The lowest BCUT2D eigenvalue weighted by Crippen LogP contribution is -2.49. The van der Waals surface area contributed by atoms with Gasteiger partial charge in [-0.2, -0.15) is 0 Å². The molecule has 0 atom stereocenters. The van der Waals surface area contributed by atoms with Crippen molar-refractivity contribution < 1.29 is 0 Å². The van der Waals surface area contributed by atoms with Crippen molar-refractivity contribution in [2.45, 2.75) is 54.9 Å². The molecule has 3 aromatic carbocycles. The summed E-state index contributed by atoms with van der Waals surface area (Å²) >= 11 is 0. The molecule has 0 saturated carbocycles. The fourth-order valence-electron chi connectivity index (χ4n) is 5.77. The molecule has 3 aromatic rings. The monoisotopic (exact) mass is 430 g/mol. The molecule has 0 heterocycles. The van der Waals surface area contributed by atoms with Gasteiger partial charge in [-0.05, 0) is 71.6 Å². The van der Waals surface area contributed by atoms with E-state index in [9.17, 15) is 0 Å². The second kappa shape index (κ2) is 9.06. The number of allylic oxidation sites excluding steroid dienone is 5. The van der Waals surface area contributed by atoms with Gasteiger partial charge in [-0.15, -0.1) is 0 Å². The van der Waals surface area contributed by atoms with E-state index in [1.165, 1.54) is 66.5 Å². The zero-order valence-corrected chi connectivity index (χ0v) is 21.3. The summed E-state index contributed by atoms with van der Waals surface area (Å²) in [5.74, 6) is 0. The fourth-order valence-corrected chi connectivity index (χ4v) is 5.77. The van der Waals surface area contributed by atoms with Gasteiger partial charge in [-0.25, -0.2) is 0 Å². The Kier molecular flexibility index (Phi) is 6.35. The average Bonchev–Trinajstić information content (AvgIpc) is 2.70. The van der Waals surface area contributed by atoms with Crippen LogP contribution in [0.2, 0.25) is 0 Å². The highest BCUT2D eigenvalue weighted by Crippen LogP contribution is 2.27. The molecule has 0 nitrogen and oxygen atoms in total. The second-order valence-electron chi connectivity index (χ2n) is 9.99. The third-order valence-electron chi connectivity index (χ3n) is 6.99. The van der Waals surface area contributed by atoms with Gasteiger partial charge < -0.3 is 0 Å². The van der Waals surface area contributed by atoms with Crippen LogP contribution in [0.4, 0.5) is 0 Å². The van der Waals surface area contributed by atoms with Crippen molar-refractivity contribution in [2.75, 3.05) is 0 Å². The summed E-state index contributed by atoms with van der Waals surface area (Å²) in [5, 5.41) is 0. The van der Waals surface area contributed by atoms with Crippen molar-refractivity contribution in [1.29, 1.82) is 0 Å². The number of hydrogen-bond acceptors (Lipinski definition) is 0. The lowest BCUT2D eigenvalue weighted by molar-refractivity contribution is 1.23. The standard InChI is InChI=1S/C32H35B/c1-20-12-13-28-10-9-11-29(19-23(4)30(28)18-20)33(31-24(5)14-21(2)15-25(31)6)32-26(7)16-22(3)17-27(32)8/h9,11-19H,4,10H2,1-3,5-8H3/b11-9-,29-19+. The Morgan fingerprint density at radius 3 is 1.70 bits per heavy atom. The molecule has 0 spiro atoms. The Balaban J connectivity index is 2.00. The van der Waals surface area contributed by atoms with Gasteiger partial charge in [-0.3, -0.25) is 0 Å². The minimum absolute atomic E-state index is 0.172. The van der Waals surface area contributed by atoms with E-state index in [4.69, 9.17) is 0 Å². The van der Waals surface area contributed by atoms with E-state index >= 15 is 0 Å². The molecule has 0 unspecified atom stereocenters. The van der Waals surface area contributed by atoms with Gasteiger partial charge in [0, 0.05) is 0 Å². The van der Waals surface area contributed by atoms with Gasteiger partial charge in [0.2, 0.25) is 6.71 Å². The van der Waals surface area contributed by atoms with Crippen LogP contribution in [0.1, 0.15) is 50.1 Å². The molecule has 1 heteroatoms. The Hall–Kier alpha value is -3.06. The van der Waals surface area contributed by atoms with Crippen LogP contribution < -0.4 is 10.9 Å². The molecular weight excluding hydrogens is 395 g/mol. The fraction of sp³-hybridized carbons (Fsp3) is 0.250. The van der Waals surface area contributed by atoms with E-state index in [0.29, 0.717) is 0 Å². The molecule has 0 radical (unpaired) electrons. The van der Waals surface area contributed by atoms with Gasteiger partial charge >= 0.3 is 0 Å². The molecule has 0 fully saturated rings. The van der Waals surface area contributed by atoms with Crippen LogP contribution in [0.3, 0.4) is 0 Å². The smallest absolute Gasteiger partial charge is 0.0912 e. The number of aryl methyl sites for hydroxylation is 7. The molecule has 166 valence electrons. The summed E-state index contributed by atoms with van der Waals surface area (Å²) in [5.41, 5.74) is 17.2. The van der Waals surface area contributed by atoms with Crippen LogP contribution in [0.15, 0.2) is 72.7 Å². The van der Waals surface area contributed by atoms with Gasteiger partial charge in [0.15, 0.2) is 0 Å². The average molecular weight is 430 g/mol. The van der Waals surface area contributed by atoms with E-state index < -0.39 is 0 Å². The minimum Gasteiger partial charge on any atom is -0.0912 e. The molecule has 0 bridgehead atoms. The van der Waals surface area contributed by atoms with E-state index in [0.717, 1.165) is 12.0 Å². The molecular formula is C32H35B. The minimum atomic E-state index is 0.172. The molecule has 33 heavy (non-hydrogen) atoms. The third-order valence-corrected chi connectivity index (χ3v) is 6.99. The summed E-state index contributed by atoms with van der Waals surface area (Å²) in [6.45, 7) is 20.3. The van der Waals surface area contributed by atoms with Crippen LogP contribution in [-0.2, 0) is 6.42 Å². The first-order chi connectivity index (χ1) is 15.7. The second-order valence-corrected chi connectivity index (χ2v) is 9.99. The van der Waals surface area contributed by atoms with Crippen LogP contribution in [0, 0.1) is 48.5 Å². The molecule has 0 saturated heterocycles. The van der Waals surface area contributed by atoms with E-state index in [2.05, 4.69) is 116 Å². The Morgan fingerprint density at radius 2 is 1.18 bits per heavy atom. The van der Waals surface area contributed by atoms with Crippen molar-refractivity contribution in [3.63, 3.8) is 0 Å². The van der Waals surface area contributed by atoms with Gasteiger partial charge in [0.05, 0.1) is 0 Å². The topological polar surface area (TPSA) is 0 Å². The molecule has 1 aliphatic rings. The summed E-state index contributed by atoms with van der Waals surface area (Å²) in [6.07, 6.45) is 7.93. The lowest BCUT2D eigenvalue weighted by atomic mass is 9.33. The molecule has 0 N–H and O–H groups in total. The normalized spacial score (nSPS) is 15.8. The molecule has 0 aromatic heterocycles. The van der Waals surface area contributed by atoms with E-state index in [1.54, 1.807) is 0 Å². The molecule has 1 aliphatic carbocycles. The molecule has 0 aliphatic heterocycles. The third kappa shape index (κ3) is 4.55. The Bertz CT molecular complexity index is 1210. The maximum absolute atomic E-state index is 4.53. The highest BCUT2D eigenvalue weighted by atomic mass is 14.1. The zero-order valence-electron chi connectivity index (χ0n) is 21.3. The molecule has 4 rings (SSSR count).